The highest BCUT2D eigenvalue weighted by Crippen LogP contribution is 2.26. The molecule has 0 fully saturated rings. The van der Waals surface area contributed by atoms with Gasteiger partial charge in [-0.05, 0) is 12.1 Å². The van der Waals surface area contributed by atoms with Crippen LogP contribution in [0.25, 0.3) is 10.9 Å². The highest BCUT2D eigenvalue weighted by Gasteiger charge is 2.08. The minimum absolute atomic E-state index is 0.713. The fourth-order valence-electron chi connectivity index (χ4n) is 2.03. The molecule has 0 aliphatic rings. The lowest BCUT2D eigenvalue weighted by Crippen LogP contribution is -2.11. The molecule has 0 saturated carbocycles. The Labute approximate surface area is 121 Å². The molecule has 20 heavy (non-hydrogen) atoms. The molecule has 6 heteroatoms. The Morgan fingerprint density at radius 2 is 2.20 bits per heavy atom. The van der Waals surface area contributed by atoms with Crippen LogP contribution in [0, 0.1) is 0 Å². The number of hydrogen-bond donors (Lipinski definition) is 2. The zero-order valence-corrected chi connectivity index (χ0v) is 11.9. The zero-order valence-electron chi connectivity index (χ0n) is 11.1. The van der Waals surface area contributed by atoms with Gasteiger partial charge in [-0.1, -0.05) is 30.0 Å². The van der Waals surface area contributed by atoms with E-state index in [4.69, 9.17) is 5.84 Å². The minimum atomic E-state index is 0.713. The van der Waals surface area contributed by atoms with Crippen LogP contribution in [-0.2, 0) is 12.8 Å². The van der Waals surface area contributed by atoms with E-state index in [1.807, 2.05) is 36.0 Å². The summed E-state index contributed by atoms with van der Waals surface area (Å²) in [6.07, 6.45) is 3.73. The van der Waals surface area contributed by atoms with Gasteiger partial charge in [-0.3, -0.25) is 0 Å². The first-order valence-electron chi connectivity index (χ1n) is 6.23. The molecule has 5 nitrogen and oxygen atoms in total. The molecule has 102 valence electrons. The normalized spacial score (nSPS) is 10.9. The Morgan fingerprint density at radius 3 is 2.95 bits per heavy atom. The van der Waals surface area contributed by atoms with Crippen molar-refractivity contribution in [2.45, 2.75) is 10.9 Å². The summed E-state index contributed by atoms with van der Waals surface area (Å²) in [5, 5.41) is 2.09. The SMILES string of the molecule is Cn1ccnc1SCc1cc2ccccc2nc1NN. The fourth-order valence-corrected chi connectivity index (χ4v) is 2.93. The Balaban J connectivity index is 1.91. The fraction of sp³-hybridized carbons (Fsp3) is 0.143. The first-order chi connectivity index (χ1) is 9.78. The van der Waals surface area contributed by atoms with E-state index in [9.17, 15) is 0 Å². The predicted octanol–water partition coefficient (Wildman–Crippen LogP) is 2.55. The maximum atomic E-state index is 5.58. The number of anilines is 1. The second kappa shape index (κ2) is 5.52. The van der Waals surface area contributed by atoms with Gasteiger partial charge in [0, 0.05) is 36.1 Å². The molecule has 2 heterocycles. The number of hydrazine groups is 1. The number of aryl methyl sites for hydroxylation is 1. The van der Waals surface area contributed by atoms with Crippen LogP contribution in [0.3, 0.4) is 0 Å². The third-order valence-corrected chi connectivity index (χ3v) is 4.18. The van der Waals surface area contributed by atoms with Gasteiger partial charge in [0.15, 0.2) is 5.16 Å². The monoisotopic (exact) mass is 285 g/mol. The largest absolute Gasteiger partial charge is 0.329 e. The van der Waals surface area contributed by atoms with Crippen molar-refractivity contribution < 1.29 is 0 Å². The van der Waals surface area contributed by atoms with Crippen LogP contribution in [0.15, 0.2) is 47.9 Å². The second-order valence-corrected chi connectivity index (χ2v) is 5.39. The van der Waals surface area contributed by atoms with E-state index in [1.165, 1.54) is 0 Å². The van der Waals surface area contributed by atoms with E-state index in [1.54, 1.807) is 18.0 Å². The molecular formula is C14H15N5S. The molecule has 2 aromatic heterocycles. The van der Waals surface area contributed by atoms with Crippen molar-refractivity contribution in [2.75, 3.05) is 5.43 Å². The van der Waals surface area contributed by atoms with E-state index in [-0.39, 0.29) is 0 Å². The van der Waals surface area contributed by atoms with Crippen molar-refractivity contribution in [3.8, 4) is 0 Å². The summed E-state index contributed by atoms with van der Waals surface area (Å²) in [5.74, 6) is 7.06. The lowest BCUT2D eigenvalue weighted by atomic mass is 10.1. The van der Waals surface area contributed by atoms with Crippen LogP contribution in [0.1, 0.15) is 5.56 Å². The summed E-state index contributed by atoms with van der Waals surface area (Å²) in [7, 11) is 1.98. The van der Waals surface area contributed by atoms with Crippen molar-refractivity contribution in [1.82, 2.24) is 14.5 Å². The average Bonchev–Trinajstić information content (AvgIpc) is 2.89. The summed E-state index contributed by atoms with van der Waals surface area (Å²) >= 11 is 1.66. The standard InChI is InChI=1S/C14H15N5S/c1-19-7-6-16-14(19)20-9-11-8-10-4-2-3-5-12(10)17-13(11)18-15/h2-8H,9,15H2,1H3,(H,17,18). The molecule has 0 saturated heterocycles. The lowest BCUT2D eigenvalue weighted by Gasteiger charge is -2.09. The van der Waals surface area contributed by atoms with Gasteiger partial charge in [-0.25, -0.2) is 15.8 Å². The number of pyridine rings is 1. The van der Waals surface area contributed by atoms with Crippen LogP contribution >= 0.6 is 11.8 Å². The number of fused-ring (bicyclic) bond motifs is 1. The number of nitrogens with one attached hydrogen (secondary N) is 1. The van der Waals surface area contributed by atoms with Gasteiger partial charge in [0.2, 0.25) is 0 Å². The molecule has 0 aliphatic heterocycles. The number of hydrogen-bond acceptors (Lipinski definition) is 5. The number of nitrogens with two attached hydrogens (primary N) is 1. The average molecular weight is 285 g/mol. The molecule has 0 atom stereocenters. The maximum Gasteiger partial charge on any atom is 0.167 e. The Bertz CT molecular complexity index is 737. The molecule has 0 bridgehead atoms. The van der Waals surface area contributed by atoms with Crippen LogP contribution in [0.5, 0.6) is 0 Å². The van der Waals surface area contributed by atoms with Gasteiger partial charge in [0.1, 0.15) is 5.82 Å². The Kier molecular flexibility index (Phi) is 3.58. The van der Waals surface area contributed by atoms with Gasteiger partial charge in [0.25, 0.3) is 0 Å². The van der Waals surface area contributed by atoms with Crippen molar-refractivity contribution in [3.05, 3.63) is 48.3 Å². The summed E-state index contributed by atoms with van der Waals surface area (Å²) in [4.78, 5) is 8.84. The van der Waals surface area contributed by atoms with E-state index >= 15 is 0 Å². The molecule has 3 N–H and O–H groups in total. The molecular weight excluding hydrogens is 270 g/mol. The van der Waals surface area contributed by atoms with Crippen LogP contribution < -0.4 is 11.3 Å². The molecule has 0 unspecified atom stereocenters. The molecule has 0 radical (unpaired) electrons. The second-order valence-electron chi connectivity index (χ2n) is 4.44. The third-order valence-electron chi connectivity index (χ3n) is 3.07. The number of benzene rings is 1. The van der Waals surface area contributed by atoms with Crippen molar-refractivity contribution in [2.24, 2.45) is 12.9 Å². The summed E-state index contributed by atoms with van der Waals surface area (Å²) in [6, 6.07) is 10.1. The predicted molar refractivity (Wildman–Crippen MR) is 82.3 cm³/mol. The first kappa shape index (κ1) is 13.0. The van der Waals surface area contributed by atoms with E-state index < -0.39 is 0 Å². The van der Waals surface area contributed by atoms with Crippen molar-refractivity contribution >= 4 is 28.5 Å². The zero-order chi connectivity index (χ0) is 13.9. The highest BCUT2D eigenvalue weighted by atomic mass is 32.2. The number of para-hydroxylation sites is 1. The van der Waals surface area contributed by atoms with Crippen molar-refractivity contribution in [1.29, 1.82) is 0 Å². The number of thioether (sulfide) groups is 1. The topological polar surface area (TPSA) is 68.8 Å². The van der Waals surface area contributed by atoms with Gasteiger partial charge >= 0.3 is 0 Å². The third kappa shape index (κ3) is 2.48. The number of aromatic nitrogens is 3. The summed E-state index contributed by atoms with van der Waals surface area (Å²) in [6.45, 7) is 0. The molecule has 0 spiro atoms. The molecule has 3 rings (SSSR count). The van der Waals surface area contributed by atoms with Gasteiger partial charge in [0.05, 0.1) is 5.52 Å². The Hall–Kier alpha value is -2.05. The quantitative estimate of drug-likeness (QED) is 0.438. The summed E-state index contributed by atoms with van der Waals surface area (Å²) < 4.78 is 1.99. The van der Waals surface area contributed by atoms with E-state index in [2.05, 4.69) is 27.5 Å². The van der Waals surface area contributed by atoms with Gasteiger partial charge in [-0.2, -0.15) is 0 Å². The van der Waals surface area contributed by atoms with Gasteiger partial charge < -0.3 is 9.99 Å². The number of rotatable bonds is 4. The van der Waals surface area contributed by atoms with E-state index in [0.717, 1.165) is 27.4 Å². The molecule has 3 aromatic rings. The van der Waals surface area contributed by atoms with E-state index in [0.29, 0.717) is 5.82 Å². The summed E-state index contributed by atoms with van der Waals surface area (Å²) in [5.41, 5.74) is 4.69. The maximum absolute atomic E-state index is 5.58. The minimum Gasteiger partial charge on any atom is -0.329 e. The van der Waals surface area contributed by atoms with Crippen LogP contribution in [0.2, 0.25) is 0 Å². The smallest absolute Gasteiger partial charge is 0.167 e. The number of imidazole rings is 1. The lowest BCUT2D eigenvalue weighted by molar-refractivity contribution is 0.790. The highest BCUT2D eigenvalue weighted by molar-refractivity contribution is 7.98. The molecule has 1 aromatic carbocycles. The molecule has 0 amide bonds. The van der Waals surface area contributed by atoms with Crippen LogP contribution in [0.4, 0.5) is 5.82 Å². The first-order valence-corrected chi connectivity index (χ1v) is 7.22. The number of nitrogens with zero attached hydrogens (tertiary/aromatic N) is 3. The number of nitrogen functional groups attached to an aromatic ring is 1. The van der Waals surface area contributed by atoms with Crippen molar-refractivity contribution in [3.63, 3.8) is 0 Å². The van der Waals surface area contributed by atoms with Crippen LogP contribution in [-0.4, -0.2) is 14.5 Å². The molecule has 0 aliphatic carbocycles. The van der Waals surface area contributed by atoms with Gasteiger partial charge in [-0.15, -0.1) is 0 Å². The Morgan fingerprint density at radius 1 is 1.35 bits per heavy atom.